The molecule has 0 bridgehead atoms. The molecule has 2 N–H and O–H groups in total. The first-order valence-corrected chi connectivity index (χ1v) is 6.37. The Morgan fingerprint density at radius 1 is 1.53 bits per heavy atom. The largest absolute Gasteiger partial charge is 0.397 e. The van der Waals surface area contributed by atoms with E-state index in [0.29, 0.717) is 6.04 Å². The fourth-order valence-corrected chi connectivity index (χ4v) is 2.55. The van der Waals surface area contributed by atoms with Gasteiger partial charge in [-0.25, -0.2) is 4.98 Å². The van der Waals surface area contributed by atoms with Crippen molar-refractivity contribution in [3.8, 4) is 0 Å². The van der Waals surface area contributed by atoms with Crippen molar-refractivity contribution >= 4 is 11.5 Å². The van der Waals surface area contributed by atoms with E-state index in [1.807, 2.05) is 12.1 Å². The number of rotatable bonds is 4. The molecule has 4 nitrogen and oxygen atoms in total. The average molecular weight is 234 g/mol. The quantitative estimate of drug-likeness (QED) is 0.859. The molecule has 1 aromatic heterocycles. The third-order valence-electron chi connectivity index (χ3n) is 3.55. The minimum absolute atomic E-state index is 0.671. The van der Waals surface area contributed by atoms with Crippen LogP contribution in [-0.4, -0.2) is 42.6 Å². The number of hydrogen-bond donors (Lipinski definition) is 1. The van der Waals surface area contributed by atoms with Crippen LogP contribution in [0.15, 0.2) is 18.3 Å². The molecule has 1 aliphatic rings. The number of likely N-dealkylation sites (N-methyl/N-ethyl adjacent to an activating group) is 2. The van der Waals surface area contributed by atoms with Crippen LogP contribution in [0.3, 0.4) is 0 Å². The molecule has 0 aliphatic carbocycles. The van der Waals surface area contributed by atoms with Gasteiger partial charge in [0.1, 0.15) is 5.82 Å². The fourth-order valence-electron chi connectivity index (χ4n) is 2.55. The third kappa shape index (κ3) is 2.88. The number of likely N-dealkylation sites (tertiary alicyclic amines) is 1. The third-order valence-corrected chi connectivity index (χ3v) is 3.55. The SMILES string of the molecule is CCN1CCCC1CN(C)c1ccc(N)cn1. The molecule has 0 amide bonds. The minimum Gasteiger partial charge on any atom is -0.397 e. The van der Waals surface area contributed by atoms with Crippen molar-refractivity contribution in [1.29, 1.82) is 0 Å². The number of nitrogens with zero attached hydrogens (tertiary/aromatic N) is 3. The number of nitrogen functional groups attached to an aromatic ring is 1. The molecule has 1 unspecified atom stereocenters. The van der Waals surface area contributed by atoms with Crippen molar-refractivity contribution in [3.05, 3.63) is 18.3 Å². The summed E-state index contributed by atoms with van der Waals surface area (Å²) >= 11 is 0. The average Bonchev–Trinajstić information content (AvgIpc) is 2.77. The van der Waals surface area contributed by atoms with Crippen LogP contribution in [-0.2, 0) is 0 Å². The number of hydrogen-bond acceptors (Lipinski definition) is 4. The highest BCUT2D eigenvalue weighted by molar-refractivity contribution is 5.45. The van der Waals surface area contributed by atoms with Gasteiger partial charge in [0.05, 0.1) is 11.9 Å². The van der Waals surface area contributed by atoms with Gasteiger partial charge in [0.15, 0.2) is 0 Å². The number of nitrogens with two attached hydrogens (primary N) is 1. The standard InChI is InChI=1S/C13H22N4/c1-3-17-8-4-5-12(17)10-16(2)13-7-6-11(14)9-15-13/h6-7,9,12H,3-5,8,10,14H2,1-2H3. The summed E-state index contributed by atoms with van der Waals surface area (Å²) in [4.78, 5) is 9.12. The number of pyridine rings is 1. The van der Waals surface area contributed by atoms with E-state index in [9.17, 15) is 0 Å². The summed E-state index contributed by atoms with van der Waals surface area (Å²) in [5.74, 6) is 1.00. The zero-order chi connectivity index (χ0) is 12.3. The second kappa shape index (κ2) is 5.36. The molecule has 1 saturated heterocycles. The van der Waals surface area contributed by atoms with Crippen molar-refractivity contribution in [3.63, 3.8) is 0 Å². The highest BCUT2D eigenvalue weighted by Gasteiger charge is 2.24. The minimum atomic E-state index is 0.671. The van der Waals surface area contributed by atoms with E-state index in [2.05, 4.69) is 28.8 Å². The van der Waals surface area contributed by atoms with Gasteiger partial charge in [0.2, 0.25) is 0 Å². The van der Waals surface area contributed by atoms with Crippen LogP contribution in [0, 0.1) is 0 Å². The van der Waals surface area contributed by atoms with Crippen LogP contribution in [0.2, 0.25) is 0 Å². The summed E-state index contributed by atoms with van der Waals surface area (Å²) in [6.45, 7) is 5.67. The lowest BCUT2D eigenvalue weighted by atomic mass is 10.2. The predicted octanol–water partition coefficient (Wildman–Crippen LogP) is 1.58. The molecule has 0 saturated carbocycles. The van der Waals surface area contributed by atoms with Crippen LogP contribution >= 0.6 is 0 Å². The summed E-state index contributed by atoms with van der Waals surface area (Å²) in [6.07, 6.45) is 4.34. The predicted molar refractivity (Wildman–Crippen MR) is 72.2 cm³/mol. The van der Waals surface area contributed by atoms with E-state index in [1.54, 1.807) is 6.20 Å². The van der Waals surface area contributed by atoms with E-state index in [1.165, 1.54) is 19.4 Å². The second-order valence-corrected chi connectivity index (χ2v) is 4.75. The van der Waals surface area contributed by atoms with E-state index in [0.717, 1.165) is 24.6 Å². The first-order chi connectivity index (χ1) is 8.20. The Labute approximate surface area is 103 Å². The summed E-state index contributed by atoms with van der Waals surface area (Å²) in [6, 6.07) is 4.57. The fraction of sp³-hybridized carbons (Fsp3) is 0.615. The molecule has 0 aromatic carbocycles. The van der Waals surface area contributed by atoms with Gasteiger partial charge in [-0.05, 0) is 38.1 Å². The topological polar surface area (TPSA) is 45.4 Å². The first-order valence-electron chi connectivity index (χ1n) is 6.37. The Bertz CT molecular complexity index is 349. The van der Waals surface area contributed by atoms with Crippen LogP contribution in [0.25, 0.3) is 0 Å². The van der Waals surface area contributed by atoms with Crippen molar-refractivity contribution in [2.75, 3.05) is 37.3 Å². The van der Waals surface area contributed by atoms with Gasteiger partial charge in [-0.3, -0.25) is 4.90 Å². The summed E-state index contributed by atoms with van der Waals surface area (Å²) in [5, 5.41) is 0. The molecule has 1 atom stereocenters. The van der Waals surface area contributed by atoms with Crippen LogP contribution in [0.4, 0.5) is 11.5 Å². The lowest BCUT2D eigenvalue weighted by Gasteiger charge is -2.28. The number of aromatic nitrogens is 1. The smallest absolute Gasteiger partial charge is 0.128 e. The molecular formula is C13H22N4. The zero-order valence-electron chi connectivity index (χ0n) is 10.8. The van der Waals surface area contributed by atoms with Crippen molar-refractivity contribution < 1.29 is 0 Å². The molecule has 1 aliphatic heterocycles. The van der Waals surface area contributed by atoms with Crippen LogP contribution in [0.1, 0.15) is 19.8 Å². The highest BCUT2D eigenvalue weighted by atomic mass is 15.2. The molecule has 1 fully saturated rings. The second-order valence-electron chi connectivity index (χ2n) is 4.75. The molecular weight excluding hydrogens is 212 g/mol. The Balaban J connectivity index is 1.96. The van der Waals surface area contributed by atoms with E-state index in [4.69, 9.17) is 5.73 Å². The molecule has 1 aromatic rings. The van der Waals surface area contributed by atoms with E-state index < -0.39 is 0 Å². The van der Waals surface area contributed by atoms with Gasteiger partial charge < -0.3 is 10.6 Å². The van der Waals surface area contributed by atoms with Gasteiger partial charge in [0, 0.05) is 19.6 Å². The summed E-state index contributed by atoms with van der Waals surface area (Å²) in [5.41, 5.74) is 6.37. The number of anilines is 2. The first kappa shape index (κ1) is 12.2. The lowest BCUT2D eigenvalue weighted by molar-refractivity contribution is 0.270. The maximum Gasteiger partial charge on any atom is 0.128 e. The molecule has 0 radical (unpaired) electrons. The van der Waals surface area contributed by atoms with Gasteiger partial charge >= 0.3 is 0 Å². The molecule has 17 heavy (non-hydrogen) atoms. The van der Waals surface area contributed by atoms with Crippen LogP contribution in [0.5, 0.6) is 0 Å². The molecule has 4 heteroatoms. The lowest BCUT2D eigenvalue weighted by Crippen LogP contribution is -2.39. The van der Waals surface area contributed by atoms with E-state index >= 15 is 0 Å². The molecule has 2 heterocycles. The summed E-state index contributed by atoms with van der Waals surface area (Å²) in [7, 11) is 2.10. The maximum atomic E-state index is 5.64. The Morgan fingerprint density at radius 2 is 2.35 bits per heavy atom. The molecule has 2 rings (SSSR count). The molecule has 0 spiro atoms. The zero-order valence-corrected chi connectivity index (χ0v) is 10.8. The normalized spacial score (nSPS) is 20.7. The maximum absolute atomic E-state index is 5.64. The van der Waals surface area contributed by atoms with E-state index in [-0.39, 0.29) is 0 Å². The Kier molecular flexibility index (Phi) is 3.84. The molecule has 94 valence electrons. The monoisotopic (exact) mass is 234 g/mol. The van der Waals surface area contributed by atoms with Crippen LogP contribution < -0.4 is 10.6 Å². The van der Waals surface area contributed by atoms with Gasteiger partial charge in [-0.1, -0.05) is 6.92 Å². The van der Waals surface area contributed by atoms with Crippen molar-refractivity contribution in [1.82, 2.24) is 9.88 Å². The Hall–Kier alpha value is -1.29. The highest BCUT2D eigenvalue weighted by Crippen LogP contribution is 2.19. The summed E-state index contributed by atoms with van der Waals surface area (Å²) < 4.78 is 0. The Morgan fingerprint density at radius 3 is 3.00 bits per heavy atom. The van der Waals surface area contributed by atoms with Gasteiger partial charge in [-0.15, -0.1) is 0 Å². The van der Waals surface area contributed by atoms with Gasteiger partial charge in [0.25, 0.3) is 0 Å². The van der Waals surface area contributed by atoms with Crippen molar-refractivity contribution in [2.45, 2.75) is 25.8 Å². The van der Waals surface area contributed by atoms with Crippen molar-refractivity contribution in [2.24, 2.45) is 0 Å². The van der Waals surface area contributed by atoms with Gasteiger partial charge in [-0.2, -0.15) is 0 Å².